The van der Waals surface area contributed by atoms with Crippen molar-refractivity contribution in [3.05, 3.63) is 35.5 Å². The fraction of sp³-hybridized carbons (Fsp3) is 0.526. The molecule has 1 aliphatic heterocycles. The lowest BCUT2D eigenvalue weighted by Crippen LogP contribution is -2.39. The van der Waals surface area contributed by atoms with Crippen LogP contribution in [-0.2, 0) is 11.2 Å². The monoisotopic (exact) mass is 329 g/mol. The minimum Gasteiger partial charge on any atom is -0.448 e. The van der Waals surface area contributed by atoms with Crippen molar-refractivity contribution in [1.82, 2.24) is 14.4 Å². The molecule has 2 heterocycles. The Morgan fingerprint density at radius 3 is 2.75 bits per heavy atom. The number of carbonyl (C=O) groups excluding carboxylic acids is 1. The van der Waals surface area contributed by atoms with Crippen LogP contribution in [0.5, 0.6) is 0 Å². The van der Waals surface area contributed by atoms with Gasteiger partial charge >= 0.3 is 6.09 Å². The van der Waals surface area contributed by atoms with Crippen molar-refractivity contribution in [2.24, 2.45) is 0 Å². The molecule has 24 heavy (non-hydrogen) atoms. The van der Waals surface area contributed by atoms with Crippen molar-refractivity contribution in [1.29, 1.82) is 0 Å². The largest absolute Gasteiger partial charge is 0.448 e. The second-order valence-electron chi connectivity index (χ2n) is 6.91. The van der Waals surface area contributed by atoms with Gasteiger partial charge in [-0.2, -0.15) is 0 Å². The van der Waals surface area contributed by atoms with E-state index in [-0.39, 0.29) is 6.09 Å². The van der Waals surface area contributed by atoms with Crippen LogP contribution in [0.25, 0.3) is 10.9 Å². The predicted molar refractivity (Wildman–Crippen MR) is 96.7 cm³/mol. The van der Waals surface area contributed by atoms with Crippen LogP contribution in [0.15, 0.2) is 24.4 Å². The van der Waals surface area contributed by atoms with Crippen LogP contribution < -0.4 is 0 Å². The lowest BCUT2D eigenvalue weighted by Gasteiger charge is -2.30. The summed E-state index contributed by atoms with van der Waals surface area (Å²) >= 11 is 0. The van der Waals surface area contributed by atoms with Crippen molar-refractivity contribution in [2.75, 3.05) is 46.9 Å². The Hall–Kier alpha value is -1.85. The van der Waals surface area contributed by atoms with Gasteiger partial charge in [-0.1, -0.05) is 11.6 Å². The van der Waals surface area contributed by atoms with E-state index < -0.39 is 0 Å². The average molecular weight is 329 g/mol. The number of aromatic nitrogens is 1. The molecule has 0 atom stereocenters. The molecule has 0 radical (unpaired) electrons. The van der Waals surface area contributed by atoms with E-state index in [2.05, 4.69) is 36.9 Å². The van der Waals surface area contributed by atoms with Crippen LogP contribution in [-0.4, -0.2) is 67.3 Å². The van der Waals surface area contributed by atoms with Gasteiger partial charge in [0.1, 0.15) is 6.61 Å². The number of hydrogen-bond donors (Lipinski definition) is 0. The van der Waals surface area contributed by atoms with Gasteiger partial charge in [-0.05, 0) is 64.6 Å². The molecular weight excluding hydrogens is 302 g/mol. The first-order valence-electron chi connectivity index (χ1n) is 8.69. The molecule has 5 nitrogen and oxygen atoms in total. The Morgan fingerprint density at radius 1 is 1.29 bits per heavy atom. The van der Waals surface area contributed by atoms with E-state index in [0.717, 1.165) is 43.5 Å². The molecule has 0 N–H and O–H groups in total. The second kappa shape index (κ2) is 7.36. The van der Waals surface area contributed by atoms with E-state index in [1.54, 1.807) is 4.57 Å². The molecule has 130 valence electrons. The van der Waals surface area contributed by atoms with Crippen LogP contribution in [0.3, 0.4) is 0 Å². The smallest absolute Gasteiger partial charge is 0.418 e. The summed E-state index contributed by atoms with van der Waals surface area (Å²) in [6.07, 6.45) is 3.84. The summed E-state index contributed by atoms with van der Waals surface area (Å²) in [4.78, 5) is 17.0. The lowest BCUT2D eigenvalue weighted by atomic mass is 10.1. The Labute approximate surface area is 143 Å². The number of likely N-dealkylation sites (N-methyl/N-ethyl adjacent to an activating group) is 1. The van der Waals surface area contributed by atoms with E-state index in [9.17, 15) is 4.79 Å². The first-order chi connectivity index (χ1) is 11.5. The Bertz CT molecular complexity index is 717. The summed E-state index contributed by atoms with van der Waals surface area (Å²) in [5, 5.41) is 1.15. The SMILES string of the molecule is Cc1ccc2c(c1)c(CCN(C)C)cn2C(=O)OCCN1CCC1. The van der Waals surface area contributed by atoms with Gasteiger partial charge in [0.25, 0.3) is 0 Å². The number of rotatable bonds is 6. The van der Waals surface area contributed by atoms with Gasteiger partial charge in [0.2, 0.25) is 0 Å². The van der Waals surface area contributed by atoms with E-state index >= 15 is 0 Å². The summed E-state index contributed by atoms with van der Waals surface area (Å²) in [5.41, 5.74) is 3.34. The Kier molecular flexibility index (Phi) is 5.21. The maximum Gasteiger partial charge on any atom is 0.418 e. The molecule has 1 aromatic heterocycles. The molecule has 0 bridgehead atoms. The molecule has 3 rings (SSSR count). The van der Waals surface area contributed by atoms with Crippen LogP contribution in [0.4, 0.5) is 4.79 Å². The molecule has 5 heteroatoms. The molecule has 0 amide bonds. The zero-order chi connectivity index (χ0) is 17.1. The van der Waals surface area contributed by atoms with E-state index in [0.29, 0.717) is 6.61 Å². The highest BCUT2D eigenvalue weighted by molar-refractivity contribution is 5.92. The molecule has 2 aromatic rings. The van der Waals surface area contributed by atoms with Gasteiger partial charge < -0.3 is 9.64 Å². The summed E-state index contributed by atoms with van der Waals surface area (Å²) in [6, 6.07) is 6.21. The third kappa shape index (κ3) is 3.79. The highest BCUT2D eigenvalue weighted by Crippen LogP contribution is 2.24. The summed E-state index contributed by atoms with van der Waals surface area (Å²) in [7, 11) is 4.13. The normalized spacial score (nSPS) is 15.0. The van der Waals surface area contributed by atoms with Crippen LogP contribution >= 0.6 is 0 Å². The number of fused-ring (bicyclic) bond motifs is 1. The van der Waals surface area contributed by atoms with Crippen molar-refractivity contribution in [3.8, 4) is 0 Å². The molecule has 1 fully saturated rings. The third-order valence-corrected chi connectivity index (χ3v) is 4.65. The van der Waals surface area contributed by atoms with E-state index in [1.807, 2.05) is 18.3 Å². The second-order valence-corrected chi connectivity index (χ2v) is 6.91. The molecule has 0 saturated carbocycles. The molecule has 0 unspecified atom stereocenters. The quantitative estimate of drug-likeness (QED) is 0.817. The summed E-state index contributed by atoms with van der Waals surface area (Å²) < 4.78 is 7.15. The van der Waals surface area contributed by atoms with Crippen molar-refractivity contribution in [2.45, 2.75) is 19.8 Å². The standard InChI is InChI=1S/C19H27N3O2/c1-15-5-6-18-17(13-15)16(7-10-20(2)3)14-22(18)19(23)24-12-11-21-8-4-9-21/h5-6,13-14H,4,7-12H2,1-3H3. The molecule has 1 aliphatic rings. The minimum absolute atomic E-state index is 0.277. The highest BCUT2D eigenvalue weighted by Gasteiger charge is 2.17. The van der Waals surface area contributed by atoms with Crippen LogP contribution in [0.1, 0.15) is 17.5 Å². The lowest BCUT2D eigenvalue weighted by molar-refractivity contribution is 0.107. The van der Waals surface area contributed by atoms with Crippen molar-refractivity contribution < 1.29 is 9.53 Å². The molecule has 0 spiro atoms. The van der Waals surface area contributed by atoms with Crippen LogP contribution in [0, 0.1) is 6.92 Å². The zero-order valence-electron chi connectivity index (χ0n) is 14.9. The zero-order valence-corrected chi connectivity index (χ0v) is 14.9. The topological polar surface area (TPSA) is 37.7 Å². The van der Waals surface area contributed by atoms with Crippen molar-refractivity contribution >= 4 is 17.0 Å². The number of ether oxygens (including phenoxy) is 1. The number of hydrogen-bond acceptors (Lipinski definition) is 4. The van der Waals surface area contributed by atoms with Gasteiger partial charge in [-0.15, -0.1) is 0 Å². The van der Waals surface area contributed by atoms with E-state index in [1.165, 1.54) is 17.5 Å². The number of carbonyl (C=O) groups is 1. The number of likely N-dealkylation sites (tertiary alicyclic amines) is 1. The third-order valence-electron chi connectivity index (χ3n) is 4.65. The Balaban J connectivity index is 1.76. The maximum absolute atomic E-state index is 12.5. The van der Waals surface area contributed by atoms with Gasteiger partial charge in [0, 0.05) is 24.7 Å². The fourth-order valence-corrected chi connectivity index (χ4v) is 3.04. The first-order valence-corrected chi connectivity index (χ1v) is 8.69. The molecule has 1 aromatic carbocycles. The molecule has 0 aliphatic carbocycles. The van der Waals surface area contributed by atoms with Gasteiger partial charge in [0.15, 0.2) is 0 Å². The number of benzene rings is 1. The Morgan fingerprint density at radius 2 is 2.08 bits per heavy atom. The summed E-state index contributed by atoms with van der Waals surface area (Å²) in [6.45, 7) is 6.57. The first kappa shape index (κ1) is 17.0. The average Bonchev–Trinajstić information content (AvgIpc) is 2.85. The predicted octanol–water partition coefficient (Wildman–Crippen LogP) is 2.74. The van der Waals surface area contributed by atoms with Gasteiger partial charge in [0.05, 0.1) is 5.52 Å². The maximum atomic E-state index is 12.5. The molecule has 1 saturated heterocycles. The number of aryl methyl sites for hydroxylation is 1. The van der Waals surface area contributed by atoms with E-state index in [4.69, 9.17) is 4.74 Å². The minimum atomic E-state index is -0.277. The van der Waals surface area contributed by atoms with Gasteiger partial charge in [-0.3, -0.25) is 9.47 Å². The fourth-order valence-electron chi connectivity index (χ4n) is 3.04. The number of nitrogens with zero attached hydrogens (tertiary/aromatic N) is 3. The molecular formula is C19H27N3O2. The van der Waals surface area contributed by atoms with Gasteiger partial charge in [-0.25, -0.2) is 4.79 Å². The van der Waals surface area contributed by atoms with Crippen molar-refractivity contribution in [3.63, 3.8) is 0 Å². The highest BCUT2D eigenvalue weighted by atomic mass is 16.5. The summed E-state index contributed by atoms with van der Waals surface area (Å²) in [5.74, 6) is 0. The van der Waals surface area contributed by atoms with Crippen LogP contribution in [0.2, 0.25) is 0 Å².